The van der Waals surface area contributed by atoms with Crippen LogP contribution in [-0.4, -0.2) is 25.3 Å². The largest absolute Gasteiger partial charge is 0.256 e. The molecule has 3 rings (SSSR count). The maximum absolute atomic E-state index is 12.7. The van der Waals surface area contributed by atoms with Crippen molar-refractivity contribution >= 4 is 32.5 Å². The first-order valence-electron chi connectivity index (χ1n) is 7.04. The molecule has 1 saturated carbocycles. The van der Waals surface area contributed by atoms with Crippen LogP contribution >= 0.6 is 11.6 Å². The van der Waals surface area contributed by atoms with E-state index in [4.69, 9.17) is 11.6 Å². The predicted molar refractivity (Wildman–Crippen MR) is 83.9 cm³/mol. The number of sulfonamides is 1. The molecule has 21 heavy (non-hydrogen) atoms. The second kappa shape index (κ2) is 5.91. The van der Waals surface area contributed by atoms with Gasteiger partial charge in [0.15, 0.2) is 0 Å². The minimum Gasteiger partial charge on any atom is -0.256 e. The van der Waals surface area contributed by atoms with Crippen molar-refractivity contribution in [2.45, 2.75) is 30.2 Å². The number of hydrogen-bond donors (Lipinski definition) is 1. The van der Waals surface area contributed by atoms with Gasteiger partial charge in [-0.1, -0.05) is 12.5 Å². The maximum atomic E-state index is 12.7. The second-order valence-electron chi connectivity index (χ2n) is 5.40. The number of halogens is 1. The Balaban J connectivity index is 1.97. The number of hydrogen-bond acceptors (Lipinski definition) is 3. The normalized spacial score (nSPS) is 22.7. The molecule has 0 aliphatic heterocycles. The van der Waals surface area contributed by atoms with Crippen LogP contribution in [0.5, 0.6) is 0 Å². The van der Waals surface area contributed by atoms with E-state index in [1.165, 1.54) is 0 Å². The van der Waals surface area contributed by atoms with Crippen molar-refractivity contribution in [3.05, 3.63) is 36.5 Å². The standard InChI is InChI=1S/C15H17ClN2O2S/c16-10-11-4-1-6-13(11)18-21(19,20)15-8-2-7-14-12(15)5-3-9-17-14/h2-3,5,7-9,11,13,18H,1,4,6,10H2. The van der Waals surface area contributed by atoms with Crippen molar-refractivity contribution in [2.24, 2.45) is 5.92 Å². The van der Waals surface area contributed by atoms with Crippen LogP contribution in [0.25, 0.3) is 10.9 Å². The summed E-state index contributed by atoms with van der Waals surface area (Å²) in [6, 6.07) is 8.61. The molecular formula is C15H17ClN2O2S. The number of nitrogens with zero attached hydrogens (tertiary/aromatic N) is 1. The summed E-state index contributed by atoms with van der Waals surface area (Å²) < 4.78 is 28.2. The summed E-state index contributed by atoms with van der Waals surface area (Å²) in [6.07, 6.45) is 4.50. The summed E-state index contributed by atoms with van der Waals surface area (Å²) in [5.41, 5.74) is 0.681. The number of benzene rings is 1. The van der Waals surface area contributed by atoms with Gasteiger partial charge in [-0.3, -0.25) is 4.98 Å². The van der Waals surface area contributed by atoms with E-state index in [-0.39, 0.29) is 16.9 Å². The number of aromatic nitrogens is 1. The van der Waals surface area contributed by atoms with Gasteiger partial charge in [0.1, 0.15) is 0 Å². The number of fused-ring (bicyclic) bond motifs is 1. The molecule has 112 valence electrons. The second-order valence-corrected chi connectivity index (χ2v) is 7.39. The SMILES string of the molecule is O=S(=O)(NC1CCCC1CCl)c1cccc2ncccc12. The number of alkyl halides is 1. The van der Waals surface area contributed by atoms with Crippen molar-refractivity contribution in [1.82, 2.24) is 9.71 Å². The van der Waals surface area contributed by atoms with E-state index in [0.717, 1.165) is 19.3 Å². The minimum absolute atomic E-state index is 0.0700. The van der Waals surface area contributed by atoms with Gasteiger partial charge in [-0.15, -0.1) is 11.6 Å². The molecule has 2 atom stereocenters. The highest BCUT2D eigenvalue weighted by atomic mass is 35.5. The summed E-state index contributed by atoms with van der Waals surface area (Å²) in [5.74, 6) is 0.708. The number of nitrogens with one attached hydrogen (secondary N) is 1. The molecule has 1 fully saturated rings. The number of pyridine rings is 1. The molecule has 0 spiro atoms. The summed E-state index contributed by atoms with van der Waals surface area (Å²) in [4.78, 5) is 4.49. The molecule has 1 heterocycles. The molecular weight excluding hydrogens is 308 g/mol. The first-order chi connectivity index (χ1) is 10.1. The molecule has 6 heteroatoms. The van der Waals surface area contributed by atoms with Gasteiger partial charge in [-0.2, -0.15) is 0 Å². The molecule has 0 radical (unpaired) electrons. The van der Waals surface area contributed by atoms with Crippen molar-refractivity contribution in [2.75, 3.05) is 5.88 Å². The van der Waals surface area contributed by atoms with Crippen molar-refractivity contribution in [3.63, 3.8) is 0 Å². The Morgan fingerprint density at radius 2 is 2.10 bits per heavy atom. The van der Waals surface area contributed by atoms with E-state index in [1.807, 2.05) is 6.07 Å². The summed E-state index contributed by atoms with van der Waals surface area (Å²) >= 11 is 5.93. The van der Waals surface area contributed by atoms with E-state index in [9.17, 15) is 8.42 Å². The van der Waals surface area contributed by atoms with Gasteiger partial charge >= 0.3 is 0 Å². The Labute approximate surface area is 129 Å². The van der Waals surface area contributed by atoms with Crippen LogP contribution in [-0.2, 0) is 10.0 Å². The van der Waals surface area contributed by atoms with Crippen molar-refractivity contribution < 1.29 is 8.42 Å². The lowest BCUT2D eigenvalue weighted by atomic mass is 10.1. The van der Waals surface area contributed by atoms with E-state index < -0.39 is 10.0 Å². The lowest BCUT2D eigenvalue weighted by Gasteiger charge is -2.19. The fourth-order valence-corrected chi connectivity index (χ4v) is 4.87. The van der Waals surface area contributed by atoms with Gasteiger partial charge in [0.05, 0.1) is 10.4 Å². The molecule has 2 unspecified atom stereocenters. The van der Waals surface area contributed by atoms with E-state index in [2.05, 4.69) is 9.71 Å². The van der Waals surface area contributed by atoms with E-state index in [0.29, 0.717) is 16.8 Å². The highest BCUT2D eigenvalue weighted by Gasteiger charge is 2.31. The fourth-order valence-electron chi connectivity index (χ4n) is 2.95. The first-order valence-corrected chi connectivity index (χ1v) is 9.05. The van der Waals surface area contributed by atoms with Gasteiger partial charge in [-0.05, 0) is 43.0 Å². The molecule has 1 aromatic carbocycles. The van der Waals surface area contributed by atoms with Crippen LogP contribution in [0.15, 0.2) is 41.4 Å². The predicted octanol–water partition coefficient (Wildman–Crippen LogP) is 2.92. The van der Waals surface area contributed by atoms with Crippen LogP contribution in [0.2, 0.25) is 0 Å². The van der Waals surface area contributed by atoms with Gasteiger partial charge in [-0.25, -0.2) is 13.1 Å². The van der Waals surface area contributed by atoms with Gasteiger partial charge in [0.25, 0.3) is 0 Å². The Kier molecular flexibility index (Phi) is 4.15. The third-order valence-corrected chi connectivity index (χ3v) is 6.00. The quantitative estimate of drug-likeness (QED) is 0.880. The zero-order chi connectivity index (χ0) is 14.9. The van der Waals surface area contributed by atoms with Gasteiger partial charge in [0.2, 0.25) is 10.0 Å². The summed E-state index contributed by atoms with van der Waals surface area (Å²) in [7, 11) is -3.56. The highest BCUT2D eigenvalue weighted by Crippen LogP contribution is 2.29. The Hall–Kier alpha value is -1.17. The Morgan fingerprint density at radius 3 is 2.90 bits per heavy atom. The first kappa shape index (κ1) is 14.8. The zero-order valence-corrected chi connectivity index (χ0v) is 13.1. The fraction of sp³-hybridized carbons (Fsp3) is 0.400. The Bertz CT molecular complexity index is 743. The molecule has 0 bridgehead atoms. The lowest BCUT2D eigenvalue weighted by Crippen LogP contribution is -2.38. The van der Waals surface area contributed by atoms with E-state index in [1.54, 1.807) is 30.5 Å². The van der Waals surface area contributed by atoms with Crippen LogP contribution in [0.4, 0.5) is 0 Å². The average Bonchev–Trinajstić information content (AvgIpc) is 2.93. The maximum Gasteiger partial charge on any atom is 0.241 e. The van der Waals surface area contributed by atoms with Crippen LogP contribution in [0.3, 0.4) is 0 Å². The molecule has 0 amide bonds. The highest BCUT2D eigenvalue weighted by molar-refractivity contribution is 7.89. The van der Waals surface area contributed by atoms with Gasteiger partial charge in [0, 0.05) is 23.5 Å². The topological polar surface area (TPSA) is 59.1 Å². The van der Waals surface area contributed by atoms with Gasteiger partial charge < -0.3 is 0 Å². The zero-order valence-electron chi connectivity index (χ0n) is 11.5. The van der Waals surface area contributed by atoms with Crippen molar-refractivity contribution in [3.8, 4) is 0 Å². The molecule has 0 saturated heterocycles. The summed E-state index contributed by atoms with van der Waals surface area (Å²) in [6.45, 7) is 0. The molecule has 1 aliphatic rings. The molecule has 2 aromatic rings. The van der Waals surface area contributed by atoms with Crippen molar-refractivity contribution in [1.29, 1.82) is 0 Å². The third-order valence-electron chi connectivity index (χ3n) is 4.06. The molecule has 1 aromatic heterocycles. The van der Waals surface area contributed by atoms with Crippen LogP contribution < -0.4 is 4.72 Å². The third kappa shape index (κ3) is 2.91. The smallest absolute Gasteiger partial charge is 0.241 e. The Morgan fingerprint density at radius 1 is 1.24 bits per heavy atom. The summed E-state index contributed by atoms with van der Waals surface area (Å²) in [5, 5.41) is 0.646. The molecule has 4 nitrogen and oxygen atoms in total. The monoisotopic (exact) mass is 324 g/mol. The average molecular weight is 325 g/mol. The number of rotatable bonds is 4. The minimum atomic E-state index is -3.56. The molecule has 1 aliphatic carbocycles. The lowest BCUT2D eigenvalue weighted by molar-refractivity contribution is 0.481. The van der Waals surface area contributed by atoms with Crippen LogP contribution in [0, 0.1) is 5.92 Å². The van der Waals surface area contributed by atoms with E-state index >= 15 is 0 Å². The molecule has 1 N–H and O–H groups in total. The van der Waals surface area contributed by atoms with Crippen LogP contribution in [0.1, 0.15) is 19.3 Å².